The van der Waals surface area contributed by atoms with E-state index in [1.165, 1.54) is 6.33 Å². The number of likely N-dealkylation sites (N-methyl/N-ethyl adjacent to an activating group) is 1. The molecule has 4 heterocycles. The first-order valence-corrected chi connectivity index (χ1v) is 13.2. The number of benzene rings is 1. The molecule has 0 unspecified atom stereocenters. The van der Waals surface area contributed by atoms with Crippen LogP contribution in [0, 0.1) is 18.8 Å². The van der Waals surface area contributed by atoms with Gasteiger partial charge in [-0.15, -0.1) is 5.10 Å². The van der Waals surface area contributed by atoms with Gasteiger partial charge in [-0.3, -0.25) is 4.90 Å². The van der Waals surface area contributed by atoms with E-state index >= 15 is 0 Å². The van der Waals surface area contributed by atoms with Crippen LogP contribution in [0.5, 0.6) is 0 Å². The third-order valence-corrected chi connectivity index (χ3v) is 7.25. The normalized spacial score (nSPS) is 17.1. The molecule has 0 amide bonds. The number of aromatic nitrogens is 4. The highest BCUT2D eigenvalue weighted by atomic mass is 35.5. The van der Waals surface area contributed by atoms with Crippen molar-refractivity contribution in [3.8, 4) is 11.8 Å². The molecule has 10 nitrogen and oxygen atoms in total. The first-order valence-electron chi connectivity index (χ1n) is 12.8. The van der Waals surface area contributed by atoms with Crippen molar-refractivity contribution in [3.63, 3.8) is 0 Å². The summed E-state index contributed by atoms with van der Waals surface area (Å²) in [6, 6.07) is 5.76. The third kappa shape index (κ3) is 6.09. The second-order valence-corrected chi connectivity index (χ2v) is 10.2. The lowest BCUT2D eigenvalue weighted by atomic mass is 10.1. The van der Waals surface area contributed by atoms with E-state index < -0.39 is 12.1 Å². The summed E-state index contributed by atoms with van der Waals surface area (Å²) < 4.78 is 38.9. The van der Waals surface area contributed by atoms with E-state index in [0.717, 1.165) is 37.4 Å². The summed E-state index contributed by atoms with van der Waals surface area (Å²) in [5, 5.41) is 5.08. The van der Waals surface area contributed by atoms with Crippen molar-refractivity contribution < 1.29 is 22.8 Å². The molecule has 0 aliphatic carbocycles. The Balaban J connectivity index is 1.44. The maximum absolute atomic E-state index is 13.0. The van der Waals surface area contributed by atoms with Crippen molar-refractivity contribution in [2.24, 2.45) is 0 Å². The lowest BCUT2D eigenvalue weighted by Crippen LogP contribution is -2.47. The van der Waals surface area contributed by atoms with Gasteiger partial charge in [-0.2, -0.15) is 13.2 Å². The van der Waals surface area contributed by atoms with Gasteiger partial charge in [0.05, 0.1) is 6.54 Å². The number of halogens is 4. The molecule has 0 spiro atoms. The Labute approximate surface area is 234 Å². The van der Waals surface area contributed by atoms with Crippen molar-refractivity contribution in [3.05, 3.63) is 40.8 Å². The molecule has 0 radical (unpaired) electrons. The Morgan fingerprint density at radius 3 is 2.45 bits per heavy atom. The second-order valence-electron chi connectivity index (χ2n) is 9.78. The number of hydrogen-bond acceptors (Lipinski definition) is 9. The zero-order chi connectivity index (χ0) is 28.4. The molecule has 14 heteroatoms. The second kappa shape index (κ2) is 11.5. The molecule has 212 valence electrons. The molecule has 40 heavy (non-hydrogen) atoms. The standard InChI is InChI=1S/C26H28ClF3N8O2/c1-18-5-6-19(27)16-21(18)36-12-14-37(15-13-36)23-22-20(4-3-7-35-10-8-34(2)9-11-35)33-38(24(22)32-17-31-23)40-25(39)26(28,29)30/h5-6,16-17H,7-15H2,1-2H3. The summed E-state index contributed by atoms with van der Waals surface area (Å²) in [6.45, 7) is 8.50. The van der Waals surface area contributed by atoms with E-state index in [-0.39, 0.29) is 11.3 Å². The number of aryl methyl sites for hydroxylation is 1. The molecule has 0 atom stereocenters. The summed E-state index contributed by atoms with van der Waals surface area (Å²) in [7, 11) is 2.06. The Bertz CT molecular complexity index is 1450. The SMILES string of the molecule is Cc1ccc(Cl)cc1N1CCN(c2ncnc3c2c(C#CCN2CCN(C)CC2)nn3OC(=O)C(F)(F)F)CC1. The third-order valence-electron chi connectivity index (χ3n) is 7.01. The van der Waals surface area contributed by atoms with Gasteiger partial charge in [-0.05, 0) is 37.6 Å². The fourth-order valence-electron chi connectivity index (χ4n) is 4.76. The molecule has 5 rings (SSSR count). The van der Waals surface area contributed by atoms with Crippen molar-refractivity contribution in [1.82, 2.24) is 29.7 Å². The highest BCUT2D eigenvalue weighted by molar-refractivity contribution is 6.30. The van der Waals surface area contributed by atoms with Crippen molar-refractivity contribution >= 4 is 40.1 Å². The average Bonchev–Trinajstić information content (AvgIpc) is 3.28. The highest BCUT2D eigenvalue weighted by Crippen LogP contribution is 2.30. The van der Waals surface area contributed by atoms with Crippen LogP contribution < -0.4 is 14.6 Å². The zero-order valence-corrected chi connectivity index (χ0v) is 22.8. The van der Waals surface area contributed by atoms with Gasteiger partial charge in [0.1, 0.15) is 17.5 Å². The molecule has 0 bridgehead atoms. The van der Waals surface area contributed by atoms with Crippen LogP contribution in [0.25, 0.3) is 11.0 Å². The first-order chi connectivity index (χ1) is 19.1. The minimum absolute atomic E-state index is 0.0698. The van der Waals surface area contributed by atoms with Crippen LogP contribution in [0.15, 0.2) is 24.5 Å². The summed E-state index contributed by atoms with van der Waals surface area (Å²) >= 11 is 6.22. The van der Waals surface area contributed by atoms with Crippen LogP contribution in [-0.2, 0) is 4.79 Å². The molecule has 0 N–H and O–H groups in total. The lowest BCUT2D eigenvalue weighted by molar-refractivity contribution is -0.200. The van der Waals surface area contributed by atoms with Crippen LogP contribution in [0.4, 0.5) is 24.7 Å². The molecule has 2 aliphatic heterocycles. The maximum Gasteiger partial charge on any atom is 0.493 e. The summed E-state index contributed by atoms with van der Waals surface area (Å²) in [5.74, 6) is 4.09. The van der Waals surface area contributed by atoms with E-state index in [0.29, 0.717) is 53.8 Å². The number of nitrogens with zero attached hydrogens (tertiary/aromatic N) is 8. The van der Waals surface area contributed by atoms with E-state index in [9.17, 15) is 18.0 Å². The molecule has 0 saturated carbocycles. The Hall–Kier alpha value is -3.60. The van der Waals surface area contributed by atoms with Crippen molar-refractivity contribution in [2.75, 3.05) is 75.8 Å². The number of piperazine rings is 2. The van der Waals surface area contributed by atoms with Gasteiger partial charge in [0.25, 0.3) is 0 Å². The minimum Gasteiger partial charge on any atom is -0.368 e. The highest BCUT2D eigenvalue weighted by Gasteiger charge is 2.42. The van der Waals surface area contributed by atoms with Gasteiger partial charge in [-0.25, -0.2) is 14.8 Å². The van der Waals surface area contributed by atoms with Gasteiger partial charge >= 0.3 is 12.1 Å². The summed E-state index contributed by atoms with van der Waals surface area (Å²) in [6.07, 6.45) is -3.98. The van der Waals surface area contributed by atoms with E-state index in [2.05, 4.69) is 53.5 Å². The maximum atomic E-state index is 13.0. The Morgan fingerprint density at radius 1 is 1.05 bits per heavy atom. The Kier molecular flexibility index (Phi) is 8.02. The monoisotopic (exact) mass is 576 g/mol. The van der Waals surface area contributed by atoms with Crippen LogP contribution in [0.2, 0.25) is 5.02 Å². The molecule has 3 aromatic rings. The summed E-state index contributed by atoms with van der Waals surface area (Å²) in [5.41, 5.74) is 2.22. The Morgan fingerprint density at radius 2 is 1.75 bits per heavy atom. The number of carbonyl (C=O) groups excluding carboxylic acids is 1. The van der Waals surface area contributed by atoms with Gasteiger partial charge in [0.2, 0.25) is 5.65 Å². The fourth-order valence-corrected chi connectivity index (χ4v) is 4.92. The number of anilines is 2. The van der Waals surface area contributed by atoms with Crippen molar-refractivity contribution in [2.45, 2.75) is 13.1 Å². The van der Waals surface area contributed by atoms with Gasteiger partial charge in [-0.1, -0.05) is 28.4 Å². The van der Waals surface area contributed by atoms with Gasteiger partial charge in [0.15, 0.2) is 5.69 Å². The molecule has 2 fully saturated rings. The zero-order valence-electron chi connectivity index (χ0n) is 22.1. The molecule has 2 aromatic heterocycles. The average molecular weight is 577 g/mol. The van der Waals surface area contributed by atoms with Crippen LogP contribution in [0.1, 0.15) is 11.3 Å². The molecule has 2 saturated heterocycles. The van der Waals surface area contributed by atoms with E-state index in [4.69, 9.17) is 11.6 Å². The largest absolute Gasteiger partial charge is 0.493 e. The van der Waals surface area contributed by atoms with Crippen molar-refractivity contribution in [1.29, 1.82) is 0 Å². The molecular weight excluding hydrogens is 549 g/mol. The predicted octanol–water partition coefficient (Wildman–Crippen LogP) is 2.23. The number of alkyl halides is 3. The quantitative estimate of drug-likeness (QED) is 0.434. The number of carbonyl (C=O) groups is 1. The van der Waals surface area contributed by atoms with Gasteiger partial charge < -0.3 is 19.5 Å². The number of hydrogen-bond donors (Lipinski definition) is 0. The fraction of sp³-hybridized carbons (Fsp3) is 0.462. The van der Waals surface area contributed by atoms with E-state index in [1.807, 2.05) is 30.0 Å². The smallest absolute Gasteiger partial charge is 0.368 e. The topological polar surface area (TPSA) is 82.9 Å². The van der Waals surface area contributed by atoms with E-state index in [1.54, 1.807) is 0 Å². The van der Waals surface area contributed by atoms with Crippen LogP contribution >= 0.6 is 11.6 Å². The minimum atomic E-state index is -5.20. The predicted molar refractivity (Wildman–Crippen MR) is 144 cm³/mol. The van der Waals surface area contributed by atoms with Crippen LogP contribution in [-0.4, -0.2) is 108 Å². The first kappa shape index (κ1) is 27.9. The molecule has 1 aromatic carbocycles. The van der Waals surface area contributed by atoms with Crippen LogP contribution in [0.3, 0.4) is 0 Å². The number of fused-ring (bicyclic) bond motifs is 1. The molecule has 2 aliphatic rings. The molecular formula is C26H28ClF3N8O2. The van der Waals surface area contributed by atoms with Gasteiger partial charge in [0, 0.05) is 63.1 Å². The summed E-state index contributed by atoms with van der Waals surface area (Å²) in [4.78, 5) is 33.8. The lowest BCUT2D eigenvalue weighted by Gasteiger charge is -2.37. The number of rotatable bonds is 4.